The van der Waals surface area contributed by atoms with Gasteiger partial charge in [-0.2, -0.15) is 0 Å². The monoisotopic (exact) mass is 310 g/mol. The number of nitrogens with zero attached hydrogens (tertiary/aromatic N) is 1. The Kier molecular flexibility index (Phi) is 4.63. The standard InChI is InChI=1S/C16H26N2O2S/c1-11(2)17-12(3)8-14-6-7-16-15(10-14)9-13(4)18(16)21(5,19)20/h6-7,10-13,17H,8-9H2,1-5H3. The lowest BCUT2D eigenvalue weighted by Crippen LogP contribution is -2.34. The molecule has 2 atom stereocenters. The minimum Gasteiger partial charge on any atom is -0.312 e. The number of hydrogen-bond acceptors (Lipinski definition) is 3. The van der Waals surface area contributed by atoms with Crippen LogP contribution >= 0.6 is 0 Å². The molecule has 118 valence electrons. The first kappa shape index (κ1) is 16.3. The summed E-state index contributed by atoms with van der Waals surface area (Å²) in [7, 11) is -3.20. The van der Waals surface area contributed by atoms with Crippen molar-refractivity contribution >= 4 is 15.7 Å². The third kappa shape index (κ3) is 3.77. The van der Waals surface area contributed by atoms with Crippen LogP contribution in [-0.4, -0.2) is 32.8 Å². The fourth-order valence-electron chi connectivity index (χ4n) is 3.27. The van der Waals surface area contributed by atoms with E-state index in [0.29, 0.717) is 12.1 Å². The number of fused-ring (bicyclic) bond motifs is 1. The van der Waals surface area contributed by atoms with Gasteiger partial charge in [0, 0.05) is 18.1 Å². The molecule has 0 amide bonds. The summed E-state index contributed by atoms with van der Waals surface area (Å²) >= 11 is 0. The number of anilines is 1. The Bertz CT molecular complexity index is 611. The Balaban J connectivity index is 2.21. The van der Waals surface area contributed by atoms with E-state index in [0.717, 1.165) is 24.1 Å². The summed E-state index contributed by atoms with van der Waals surface area (Å²) in [5, 5.41) is 3.49. The molecule has 0 bridgehead atoms. The van der Waals surface area contributed by atoms with Gasteiger partial charge in [-0.05, 0) is 43.9 Å². The van der Waals surface area contributed by atoms with E-state index >= 15 is 0 Å². The van der Waals surface area contributed by atoms with Crippen LogP contribution in [0.4, 0.5) is 5.69 Å². The van der Waals surface area contributed by atoms with Gasteiger partial charge in [0.1, 0.15) is 0 Å². The Morgan fingerprint density at radius 1 is 1.33 bits per heavy atom. The predicted molar refractivity (Wildman–Crippen MR) is 88.4 cm³/mol. The summed E-state index contributed by atoms with van der Waals surface area (Å²) in [5.41, 5.74) is 3.25. The molecule has 1 aromatic carbocycles. The molecular formula is C16H26N2O2S. The molecule has 4 nitrogen and oxygen atoms in total. The molecule has 1 aromatic rings. The number of nitrogens with one attached hydrogen (secondary N) is 1. The topological polar surface area (TPSA) is 49.4 Å². The van der Waals surface area contributed by atoms with Gasteiger partial charge in [-0.1, -0.05) is 26.0 Å². The summed E-state index contributed by atoms with van der Waals surface area (Å²) in [6, 6.07) is 7.06. The normalized spacial score (nSPS) is 19.9. The highest BCUT2D eigenvalue weighted by atomic mass is 32.2. The van der Waals surface area contributed by atoms with Crippen LogP contribution in [0.15, 0.2) is 18.2 Å². The second kappa shape index (κ2) is 5.97. The minimum absolute atomic E-state index is 0.0106. The number of benzene rings is 1. The van der Waals surface area contributed by atoms with E-state index in [4.69, 9.17) is 0 Å². The fourth-order valence-corrected chi connectivity index (χ4v) is 4.53. The summed E-state index contributed by atoms with van der Waals surface area (Å²) < 4.78 is 25.4. The van der Waals surface area contributed by atoms with Gasteiger partial charge in [-0.25, -0.2) is 8.42 Å². The molecule has 21 heavy (non-hydrogen) atoms. The van der Waals surface area contributed by atoms with E-state index in [1.54, 1.807) is 4.31 Å². The highest BCUT2D eigenvalue weighted by molar-refractivity contribution is 7.92. The second-order valence-electron chi connectivity index (χ2n) is 6.50. The molecule has 0 fully saturated rings. The van der Waals surface area contributed by atoms with E-state index in [-0.39, 0.29) is 6.04 Å². The zero-order valence-electron chi connectivity index (χ0n) is 13.6. The molecule has 0 radical (unpaired) electrons. The molecule has 0 aliphatic carbocycles. The molecule has 0 aromatic heterocycles. The minimum atomic E-state index is -3.20. The molecule has 1 heterocycles. The summed E-state index contributed by atoms with van der Waals surface area (Å²) in [4.78, 5) is 0. The lowest BCUT2D eigenvalue weighted by atomic mass is 10.0. The zero-order valence-corrected chi connectivity index (χ0v) is 14.4. The van der Waals surface area contributed by atoms with Crippen LogP contribution in [0.2, 0.25) is 0 Å². The van der Waals surface area contributed by atoms with Crippen LogP contribution in [0, 0.1) is 0 Å². The van der Waals surface area contributed by atoms with Crippen molar-refractivity contribution in [3.63, 3.8) is 0 Å². The van der Waals surface area contributed by atoms with Crippen molar-refractivity contribution in [2.75, 3.05) is 10.6 Å². The van der Waals surface area contributed by atoms with Gasteiger partial charge in [-0.3, -0.25) is 4.31 Å². The molecule has 5 heteroatoms. The van der Waals surface area contributed by atoms with E-state index in [1.165, 1.54) is 11.8 Å². The maximum Gasteiger partial charge on any atom is 0.232 e. The molecule has 1 aliphatic rings. The third-order valence-corrected chi connectivity index (χ3v) is 5.09. The first-order chi connectivity index (χ1) is 9.68. The van der Waals surface area contributed by atoms with Crippen molar-refractivity contribution in [1.29, 1.82) is 0 Å². The lowest BCUT2D eigenvalue weighted by molar-refractivity contribution is 0.487. The molecule has 2 rings (SSSR count). The Morgan fingerprint density at radius 2 is 2.00 bits per heavy atom. The molecule has 0 saturated heterocycles. The van der Waals surface area contributed by atoms with Crippen LogP contribution in [0.1, 0.15) is 38.8 Å². The largest absolute Gasteiger partial charge is 0.312 e. The van der Waals surface area contributed by atoms with Gasteiger partial charge in [0.15, 0.2) is 0 Å². The molecule has 2 unspecified atom stereocenters. The highest BCUT2D eigenvalue weighted by Crippen LogP contribution is 2.34. The Hall–Kier alpha value is -1.07. The second-order valence-corrected chi connectivity index (χ2v) is 8.36. The van der Waals surface area contributed by atoms with Gasteiger partial charge in [0.25, 0.3) is 0 Å². The van der Waals surface area contributed by atoms with Crippen LogP contribution in [0.3, 0.4) is 0 Å². The van der Waals surface area contributed by atoms with E-state index < -0.39 is 10.0 Å². The van der Waals surface area contributed by atoms with Crippen molar-refractivity contribution in [2.24, 2.45) is 0 Å². The van der Waals surface area contributed by atoms with Crippen molar-refractivity contribution in [3.8, 4) is 0 Å². The average Bonchev–Trinajstić information content (AvgIpc) is 2.62. The SMILES string of the molecule is CC(C)NC(C)Cc1ccc2c(c1)CC(C)N2S(C)(=O)=O. The maximum absolute atomic E-state index is 11.9. The molecule has 0 spiro atoms. The summed E-state index contributed by atoms with van der Waals surface area (Å²) in [6.07, 6.45) is 3.03. The highest BCUT2D eigenvalue weighted by Gasteiger charge is 2.32. The van der Waals surface area contributed by atoms with Crippen molar-refractivity contribution in [1.82, 2.24) is 5.32 Å². The van der Waals surface area contributed by atoms with E-state index in [9.17, 15) is 8.42 Å². The zero-order chi connectivity index (χ0) is 15.8. The molecular weight excluding hydrogens is 284 g/mol. The predicted octanol–water partition coefficient (Wildman–Crippen LogP) is 2.33. The van der Waals surface area contributed by atoms with E-state index in [1.807, 2.05) is 19.1 Å². The van der Waals surface area contributed by atoms with Gasteiger partial charge >= 0.3 is 0 Å². The van der Waals surface area contributed by atoms with Crippen LogP contribution in [-0.2, 0) is 22.9 Å². The van der Waals surface area contributed by atoms with Crippen LogP contribution in [0.25, 0.3) is 0 Å². The molecule has 1 aliphatic heterocycles. The number of sulfonamides is 1. The Labute approximate surface area is 128 Å². The first-order valence-electron chi connectivity index (χ1n) is 7.55. The number of hydrogen-bond donors (Lipinski definition) is 1. The lowest BCUT2D eigenvalue weighted by Gasteiger charge is -2.22. The maximum atomic E-state index is 11.9. The van der Waals surface area contributed by atoms with Gasteiger partial charge in [0.2, 0.25) is 10.0 Å². The summed E-state index contributed by atoms with van der Waals surface area (Å²) in [5.74, 6) is 0. The van der Waals surface area contributed by atoms with Crippen LogP contribution < -0.4 is 9.62 Å². The molecule has 1 N–H and O–H groups in total. The van der Waals surface area contributed by atoms with Crippen molar-refractivity contribution in [3.05, 3.63) is 29.3 Å². The van der Waals surface area contributed by atoms with Gasteiger partial charge < -0.3 is 5.32 Å². The third-order valence-electron chi connectivity index (χ3n) is 3.81. The van der Waals surface area contributed by atoms with Gasteiger partial charge in [0.05, 0.1) is 11.9 Å². The van der Waals surface area contributed by atoms with Gasteiger partial charge in [-0.15, -0.1) is 0 Å². The average molecular weight is 310 g/mol. The number of rotatable bonds is 5. The quantitative estimate of drug-likeness (QED) is 0.908. The first-order valence-corrected chi connectivity index (χ1v) is 9.40. The Morgan fingerprint density at radius 3 is 2.57 bits per heavy atom. The van der Waals surface area contributed by atoms with Crippen molar-refractivity contribution < 1.29 is 8.42 Å². The van der Waals surface area contributed by atoms with Crippen molar-refractivity contribution in [2.45, 2.75) is 58.7 Å². The smallest absolute Gasteiger partial charge is 0.232 e. The fraction of sp³-hybridized carbons (Fsp3) is 0.625. The molecule has 0 saturated carbocycles. The summed E-state index contributed by atoms with van der Waals surface area (Å²) in [6.45, 7) is 8.43. The van der Waals surface area contributed by atoms with Crippen LogP contribution in [0.5, 0.6) is 0 Å². The van der Waals surface area contributed by atoms with E-state index in [2.05, 4.69) is 32.2 Å².